The molecule has 3 N–H and O–H groups in total. The number of carboxylic acid groups (broad SMARTS) is 1. The van der Waals surface area contributed by atoms with E-state index in [0.717, 1.165) is 12.8 Å². The summed E-state index contributed by atoms with van der Waals surface area (Å²) in [4.78, 5) is 11.0. The Morgan fingerprint density at radius 1 is 1.39 bits per heavy atom. The first-order valence-corrected chi connectivity index (χ1v) is 7.00. The summed E-state index contributed by atoms with van der Waals surface area (Å²) in [6.07, 6.45) is 1.64. The van der Waals surface area contributed by atoms with Gasteiger partial charge in [-0.1, -0.05) is 12.1 Å². The van der Waals surface area contributed by atoms with Crippen molar-refractivity contribution in [2.45, 2.75) is 25.8 Å². The van der Waals surface area contributed by atoms with Gasteiger partial charge in [0.05, 0.1) is 11.3 Å². The van der Waals surface area contributed by atoms with E-state index in [2.05, 4.69) is 9.44 Å². The molecule has 2 rings (SSSR count). The molecule has 0 amide bonds. The molecule has 98 valence electrons. The van der Waals surface area contributed by atoms with E-state index in [9.17, 15) is 13.2 Å². The number of hydrogen-bond acceptors (Lipinski definition) is 3. The van der Waals surface area contributed by atoms with Crippen LogP contribution in [0.15, 0.2) is 18.2 Å². The van der Waals surface area contributed by atoms with Crippen molar-refractivity contribution in [2.75, 3.05) is 4.72 Å². The summed E-state index contributed by atoms with van der Waals surface area (Å²) >= 11 is 0. The standard InChI is InChI=1S/C11H14N2O4S/c1-7-3-2-4-9(11(14)15)10(7)13-18(16,17)12-8-5-6-8/h2-4,8,12-13H,5-6H2,1H3,(H,14,15). The molecule has 0 aliphatic heterocycles. The van der Waals surface area contributed by atoms with E-state index in [1.165, 1.54) is 6.07 Å². The van der Waals surface area contributed by atoms with E-state index in [-0.39, 0.29) is 17.3 Å². The minimum absolute atomic E-state index is 0.0280. The van der Waals surface area contributed by atoms with E-state index in [4.69, 9.17) is 5.11 Å². The van der Waals surface area contributed by atoms with Crippen LogP contribution in [0.25, 0.3) is 0 Å². The van der Waals surface area contributed by atoms with Crippen LogP contribution in [0.4, 0.5) is 5.69 Å². The van der Waals surface area contributed by atoms with E-state index in [1.54, 1.807) is 19.1 Å². The molecule has 0 saturated heterocycles. The van der Waals surface area contributed by atoms with Gasteiger partial charge in [-0.25, -0.2) is 4.79 Å². The highest BCUT2D eigenvalue weighted by atomic mass is 32.2. The number of anilines is 1. The van der Waals surface area contributed by atoms with Crippen LogP contribution >= 0.6 is 0 Å². The van der Waals surface area contributed by atoms with Gasteiger partial charge in [0.2, 0.25) is 0 Å². The zero-order valence-electron chi connectivity index (χ0n) is 9.80. The summed E-state index contributed by atoms with van der Waals surface area (Å²) in [6.45, 7) is 1.65. The highest BCUT2D eigenvalue weighted by molar-refractivity contribution is 7.90. The largest absolute Gasteiger partial charge is 0.478 e. The summed E-state index contributed by atoms with van der Waals surface area (Å²) in [5.41, 5.74) is 0.616. The maximum Gasteiger partial charge on any atom is 0.337 e. The Hall–Kier alpha value is -1.60. The van der Waals surface area contributed by atoms with E-state index < -0.39 is 16.2 Å². The molecule has 0 unspecified atom stereocenters. The Morgan fingerprint density at radius 2 is 2.06 bits per heavy atom. The Balaban J connectivity index is 2.29. The van der Waals surface area contributed by atoms with Crippen molar-refractivity contribution in [2.24, 2.45) is 0 Å². The number of aromatic carboxylic acids is 1. The number of nitrogens with one attached hydrogen (secondary N) is 2. The van der Waals surface area contributed by atoms with Crippen molar-refractivity contribution in [1.82, 2.24) is 4.72 Å². The molecule has 18 heavy (non-hydrogen) atoms. The van der Waals surface area contributed by atoms with Crippen LogP contribution in [0.1, 0.15) is 28.8 Å². The lowest BCUT2D eigenvalue weighted by Crippen LogP contribution is -2.32. The van der Waals surface area contributed by atoms with Gasteiger partial charge in [-0.2, -0.15) is 13.1 Å². The van der Waals surface area contributed by atoms with Crippen molar-refractivity contribution < 1.29 is 18.3 Å². The molecule has 0 radical (unpaired) electrons. The van der Waals surface area contributed by atoms with Crippen LogP contribution in [-0.2, 0) is 10.2 Å². The van der Waals surface area contributed by atoms with Crippen LogP contribution in [-0.4, -0.2) is 25.5 Å². The molecular formula is C11H14N2O4S. The molecule has 0 aromatic heterocycles. The number of benzene rings is 1. The minimum Gasteiger partial charge on any atom is -0.478 e. The predicted octanol–water partition coefficient (Wildman–Crippen LogP) is 1.10. The summed E-state index contributed by atoms with van der Waals surface area (Å²) in [5, 5.41) is 9.03. The number of para-hydroxylation sites is 1. The summed E-state index contributed by atoms with van der Waals surface area (Å²) in [5.74, 6) is -1.16. The van der Waals surface area contributed by atoms with Crippen molar-refractivity contribution in [3.05, 3.63) is 29.3 Å². The van der Waals surface area contributed by atoms with Gasteiger partial charge < -0.3 is 5.11 Å². The predicted molar refractivity (Wildman–Crippen MR) is 66.8 cm³/mol. The smallest absolute Gasteiger partial charge is 0.337 e. The average molecular weight is 270 g/mol. The highest BCUT2D eigenvalue weighted by Crippen LogP contribution is 2.24. The van der Waals surface area contributed by atoms with Gasteiger partial charge >= 0.3 is 5.97 Å². The van der Waals surface area contributed by atoms with Crippen molar-refractivity contribution in [3.8, 4) is 0 Å². The van der Waals surface area contributed by atoms with E-state index in [0.29, 0.717) is 5.56 Å². The van der Waals surface area contributed by atoms with Crippen molar-refractivity contribution >= 4 is 21.9 Å². The lowest BCUT2D eigenvalue weighted by atomic mass is 10.1. The van der Waals surface area contributed by atoms with Gasteiger partial charge in [0, 0.05) is 6.04 Å². The molecule has 1 fully saturated rings. The Bertz CT molecular complexity index is 579. The monoisotopic (exact) mass is 270 g/mol. The van der Waals surface area contributed by atoms with Crippen LogP contribution in [0.3, 0.4) is 0 Å². The lowest BCUT2D eigenvalue weighted by Gasteiger charge is -2.13. The van der Waals surface area contributed by atoms with E-state index in [1.807, 2.05) is 0 Å². The van der Waals surface area contributed by atoms with Crippen LogP contribution in [0, 0.1) is 6.92 Å². The first-order valence-electron chi connectivity index (χ1n) is 5.52. The third-order valence-electron chi connectivity index (χ3n) is 2.64. The third kappa shape index (κ3) is 2.99. The fourth-order valence-corrected chi connectivity index (χ4v) is 2.84. The van der Waals surface area contributed by atoms with Gasteiger partial charge in [0.15, 0.2) is 0 Å². The molecular weight excluding hydrogens is 256 g/mol. The van der Waals surface area contributed by atoms with Gasteiger partial charge in [0.25, 0.3) is 10.2 Å². The molecule has 0 heterocycles. The maximum absolute atomic E-state index is 11.8. The minimum atomic E-state index is -3.71. The van der Waals surface area contributed by atoms with Gasteiger partial charge in [-0.15, -0.1) is 0 Å². The Kier molecular flexibility index (Phi) is 3.27. The molecule has 0 bridgehead atoms. The number of hydrogen-bond donors (Lipinski definition) is 3. The molecule has 1 aliphatic carbocycles. The molecule has 7 heteroatoms. The molecule has 6 nitrogen and oxygen atoms in total. The fraction of sp³-hybridized carbons (Fsp3) is 0.364. The second-order valence-corrected chi connectivity index (χ2v) is 5.75. The SMILES string of the molecule is Cc1cccc(C(=O)O)c1NS(=O)(=O)NC1CC1. The van der Waals surface area contributed by atoms with Gasteiger partial charge in [-0.3, -0.25) is 4.72 Å². The molecule has 1 aliphatic rings. The molecule has 1 aromatic carbocycles. The Labute approximate surface area is 105 Å². The topological polar surface area (TPSA) is 95.5 Å². The summed E-state index contributed by atoms with van der Waals surface area (Å²) in [6, 6.07) is 4.57. The number of rotatable bonds is 5. The normalized spacial score (nSPS) is 15.4. The van der Waals surface area contributed by atoms with Crippen molar-refractivity contribution in [3.63, 3.8) is 0 Å². The second-order valence-electron chi connectivity index (χ2n) is 4.30. The highest BCUT2D eigenvalue weighted by Gasteiger charge is 2.27. The Morgan fingerprint density at radius 3 is 2.61 bits per heavy atom. The third-order valence-corrected chi connectivity index (χ3v) is 3.76. The maximum atomic E-state index is 11.8. The van der Waals surface area contributed by atoms with E-state index >= 15 is 0 Å². The zero-order chi connectivity index (χ0) is 13.3. The number of carboxylic acids is 1. The van der Waals surface area contributed by atoms with Gasteiger partial charge in [0.1, 0.15) is 0 Å². The van der Waals surface area contributed by atoms with Crippen LogP contribution in [0.2, 0.25) is 0 Å². The molecule has 1 aromatic rings. The first-order chi connectivity index (χ1) is 8.39. The second kappa shape index (κ2) is 4.58. The van der Waals surface area contributed by atoms with Crippen molar-refractivity contribution in [1.29, 1.82) is 0 Å². The van der Waals surface area contributed by atoms with Crippen LogP contribution < -0.4 is 9.44 Å². The number of aryl methyl sites for hydroxylation is 1. The average Bonchev–Trinajstić information content (AvgIpc) is 3.03. The fourth-order valence-electron chi connectivity index (χ4n) is 1.57. The van der Waals surface area contributed by atoms with Crippen LogP contribution in [0.5, 0.6) is 0 Å². The molecule has 0 atom stereocenters. The lowest BCUT2D eigenvalue weighted by molar-refractivity contribution is 0.0698. The van der Waals surface area contributed by atoms with Gasteiger partial charge in [-0.05, 0) is 31.4 Å². The quantitative estimate of drug-likeness (QED) is 0.746. The summed E-state index contributed by atoms with van der Waals surface area (Å²) < 4.78 is 28.3. The summed E-state index contributed by atoms with van der Waals surface area (Å²) in [7, 11) is -3.71. The zero-order valence-corrected chi connectivity index (χ0v) is 10.6. The number of carbonyl (C=O) groups is 1. The molecule has 1 saturated carbocycles. The first kappa shape index (κ1) is 12.8. The molecule has 0 spiro atoms.